The quantitative estimate of drug-likeness (QED) is 0.931. The van der Waals surface area contributed by atoms with E-state index in [9.17, 15) is 9.90 Å². The molecule has 0 atom stereocenters. The highest BCUT2D eigenvalue weighted by Crippen LogP contribution is 2.36. The van der Waals surface area contributed by atoms with Crippen LogP contribution >= 0.6 is 11.3 Å². The molecule has 1 aliphatic heterocycles. The summed E-state index contributed by atoms with van der Waals surface area (Å²) in [5.41, 5.74) is 2.33. The fourth-order valence-corrected chi connectivity index (χ4v) is 4.77. The third-order valence-electron chi connectivity index (χ3n) is 5.49. The lowest BCUT2D eigenvalue weighted by atomic mass is 9.77. The Morgan fingerprint density at radius 1 is 1.33 bits per heavy atom. The van der Waals surface area contributed by atoms with Gasteiger partial charge in [-0.2, -0.15) is 0 Å². The normalized spacial score (nSPS) is 21.1. The molecule has 1 aliphatic carbocycles. The predicted molar refractivity (Wildman–Crippen MR) is 85.9 cm³/mol. The molecule has 0 saturated carbocycles. The third kappa shape index (κ3) is 2.76. The second kappa shape index (κ2) is 6.09. The number of likely N-dealkylation sites (tertiary alicyclic amines) is 1. The monoisotopic (exact) mass is 307 g/mol. The minimum atomic E-state index is 0.0465. The Kier molecular flexibility index (Phi) is 4.36. The van der Waals surface area contributed by atoms with E-state index in [0.29, 0.717) is 0 Å². The zero-order valence-electron chi connectivity index (χ0n) is 12.9. The van der Waals surface area contributed by atoms with Crippen LogP contribution in [0, 0.1) is 5.41 Å². The minimum absolute atomic E-state index is 0.0465. The summed E-state index contributed by atoms with van der Waals surface area (Å²) in [6.45, 7) is 3.97. The number of nitrogens with zero attached hydrogens (tertiary/aromatic N) is 1. The predicted octanol–water partition coefficient (Wildman–Crippen LogP) is 3.25. The van der Waals surface area contributed by atoms with Crippen molar-refractivity contribution in [1.29, 1.82) is 0 Å². The highest BCUT2D eigenvalue weighted by molar-refractivity contribution is 7.10. The standard InChI is InChI=1S/C17H25NO2S/c1-2-17(12-19)7-9-18(10-8-17)16(20)14-11-21-15-6-4-3-5-13(14)15/h11,19H,2-10,12H2,1H3. The van der Waals surface area contributed by atoms with Crippen molar-refractivity contribution >= 4 is 17.2 Å². The summed E-state index contributed by atoms with van der Waals surface area (Å²) < 4.78 is 0. The van der Waals surface area contributed by atoms with E-state index in [2.05, 4.69) is 12.3 Å². The molecule has 0 radical (unpaired) electrons. The Bertz CT molecular complexity index is 509. The summed E-state index contributed by atoms with van der Waals surface area (Å²) in [5.74, 6) is 0.219. The zero-order chi connectivity index (χ0) is 14.9. The highest BCUT2D eigenvalue weighted by Gasteiger charge is 2.35. The van der Waals surface area contributed by atoms with Gasteiger partial charge in [0, 0.05) is 30.0 Å². The van der Waals surface area contributed by atoms with Crippen molar-refractivity contribution in [3.8, 4) is 0 Å². The van der Waals surface area contributed by atoms with Crippen LogP contribution in [-0.2, 0) is 12.8 Å². The molecule has 0 unspecified atom stereocenters. The first-order valence-corrected chi connectivity index (χ1v) is 9.06. The van der Waals surface area contributed by atoms with Gasteiger partial charge in [0.05, 0.1) is 5.56 Å². The maximum atomic E-state index is 12.8. The molecule has 1 saturated heterocycles. The maximum absolute atomic E-state index is 12.8. The highest BCUT2D eigenvalue weighted by atomic mass is 32.1. The smallest absolute Gasteiger partial charge is 0.254 e. The topological polar surface area (TPSA) is 40.5 Å². The van der Waals surface area contributed by atoms with Gasteiger partial charge in [0.25, 0.3) is 5.91 Å². The first-order chi connectivity index (χ1) is 10.2. The second-order valence-electron chi connectivity index (χ2n) is 6.56. The van der Waals surface area contributed by atoms with Crippen molar-refractivity contribution in [2.24, 2.45) is 5.41 Å². The first-order valence-electron chi connectivity index (χ1n) is 8.18. The number of carbonyl (C=O) groups excluding carboxylic acids is 1. The summed E-state index contributed by atoms with van der Waals surface area (Å²) in [5, 5.41) is 11.7. The average molecular weight is 307 g/mol. The number of piperidine rings is 1. The van der Waals surface area contributed by atoms with Crippen LogP contribution in [0.2, 0.25) is 0 Å². The lowest BCUT2D eigenvalue weighted by Crippen LogP contribution is -2.44. The van der Waals surface area contributed by atoms with Crippen LogP contribution in [0.25, 0.3) is 0 Å². The van der Waals surface area contributed by atoms with Gasteiger partial charge >= 0.3 is 0 Å². The summed E-state index contributed by atoms with van der Waals surface area (Å²) in [7, 11) is 0. The molecule has 3 rings (SSSR count). The Hall–Kier alpha value is -0.870. The number of aryl methyl sites for hydroxylation is 1. The molecule has 3 nitrogen and oxygen atoms in total. The Labute approximate surface area is 131 Å². The molecular formula is C17H25NO2S. The van der Waals surface area contributed by atoms with E-state index >= 15 is 0 Å². The minimum Gasteiger partial charge on any atom is -0.396 e. The fraction of sp³-hybridized carbons (Fsp3) is 0.706. The van der Waals surface area contributed by atoms with E-state index in [0.717, 1.165) is 50.8 Å². The van der Waals surface area contributed by atoms with Gasteiger partial charge in [-0.15, -0.1) is 11.3 Å². The third-order valence-corrected chi connectivity index (χ3v) is 6.58. The first kappa shape index (κ1) is 15.0. The van der Waals surface area contributed by atoms with E-state index in [1.54, 1.807) is 11.3 Å². The summed E-state index contributed by atoms with van der Waals surface area (Å²) in [6.07, 6.45) is 7.56. The molecule has 0 spiro atoms. The number of fused-ring (bicyclic) bond motifs is 1. The number of aliphatic hydroxyl groups is 1. The molecule has 2 aliphatic rings. The number of hydrogen-bond acceptors (Lipinski definition) is 3. The molecule has 21 heavy (non-hydrogen) atoms. The van der Waals surface area contributed by atoms with E-state index in [-0.39, 0.29) is 17.9 Å². The van der Waals surface area contributed by atoms with Gasteiger partial charge in [-0.3, -0.25) is 4.79 Å². The SMILES string of the molecule is CCC1(CO)CCN(C(=O)c2csc3c2CCCC3)CC1. The summed E-state index contributed by atoms with van der Waals surface area (Å²) in [4.78, 5) is 16.2. The molecule has 1 fully saturated rings. The van der Waals surface area contributed by atoms with E-state index in [4.69, 9.17) is 0 Å². The summed E-state index contributed by atoms with van der Waals surface area (Å²) in [6, 6.07) is 0. The van der Waals surface area contributed by atoms with Crippen LogP contribution in [0.5, 0.6) is 0 Å². The molecule has 1 N–H and O–H groups in total. The molecule has 2 heterocycles. The molecule has 1 amide bonds. The van der Waals surface area contributed by atoms with Crippen molar-refractivity contribution < 1.29 is 9.90 Å². The van der Waals surface area contributed by atoms with Crippen LogP contribution < -0.4 is 0 Å². The van der Waals surface area contributed by atoms with Crippen molar-refractivity contribution in [2.75, 3.05) is 19.7 Å². The number of carbonyl (C=O) groups is 1. The average Bonchev–Trinajstić information content (AvgIpc) is 2.98. The largest absolute Gasteiger partial charge is 0.396 e. The molecule has 0 aromatic carbocycles. The van der Waals surface area contributed by atoms with E-state index in [1.807, 2.05) is 4.90 Å². The fourth-order valence-electron chi connectivity index (χ4n) is 3.65. The van der Waals surface area contributed by atoms with Gasteiger partial charge < -0.3 is 10.0 Å². The lowest BCUT2D eigenvalue weighted by Gasteiger charge is -2.40. The van der Waals surface area contributed by atoms with Crippen LogP contribution in [0.1, 0.15) is 59.8 Å². The van der Waals surface area contributed by atoms with Crippen LogP contribution in [0.3, 0.4) is 0 Å². The molecule has 116 valence electrons. The van der Waals surface area contributed by atoms with Gasteiger partial charge in [0.15, 0.2) is 0 Å². The van der Waals surface area contributed by atoms with Crippen LogP contribution in [0.15, 0.2) is 5.38 Å². The Balaban J connectivity index is 1.71. The molecule has 1 aromatic heterocycles. The second-order valence-corrected chi connectivity index (χ2v) is 7.53. The van der Waals surface area contributed by atoms with E-state index in [1.165, 1.54) is 23.3 Å². The van der Waals surface area contributed by atoms with Crippen molar-refractivity contribution in [3.63, 3.8) is 0 Å². The molecule has 4 heteroatoms. The van der Waals surface area contributed by atoms with E-state index < -0.39 is 0 Å². The number of thiophene rings is 1. The van der Waals surface area contributed by atoms with Crippen LogP contribution in [-0.4, -0.2) is 35.6 Å². The van der Waals surface area contributed by atoms with Gasteiger partial charge in [0.1, 0.15) is 0 Å². The maximum Gasteiger partial charge on any atom is 0.254 e. The van der Waals surface area contributed by atoms with Crippen molar-refractivity contribution in [1.82, 2.24) is 4.90 Å². The number of hydrogen-bond donors (Lipinski definition) is 1. The number of amides is 1. The summed E-state index contributed by atoms with van der Waals surface area (Å²) >= 11 is 1.77. The Morgan fingerprint density at radius 3 is 2.71 bits per heavy atom. The molecule has 1 aromatic rings. The zero-order valence-corrected chi connectivity index (χ0v) is 13.7. The van der Waals surface area contributed by atoms with Gasteiger partial charge in [0.2, 0.25) is 0 Å². The number of rotatable bonds is 3. The van der Waals surface area contributed by atoms with Gasteiger partial charge in [-0.05, 0) is 55.9 Å². The molecular weight excluding hydrogens is 282 g/mol. The van der Waals surface area contributed by atoms with Gasteiger partial charge in [-0.1, -0.05) is 6.92 Å². The number of aliphatic hydroxyl groups excluding tert-OH is 1. The lowest BCUT2D eigenvalue weighted by molar-refractivity contribution is 0.0337. The van der Waals surface area contributed by atoms with Gasteiger partial charge in [-0.25, -0.2) is 0 Å². The Morgan fingerprint density at radius 2 is 2.05 bits per heavy atom. The molecule has 0 bridgehead atoms. The van der Waals surface area contributed by atoms with Crippen molar-refractivity contribution in [3.05, 3.63) is 21.4 Å². The van der Waals surface area contributed by atoms with Crippen molar-refractivity contribution in [2.45, 2.75) is 51.9 Å². The van der Waals surface area contributed by atoms with Crippen LogP contribution in [0.4, 0.5) is 0 Å².